The van der Waals surface area contributed by atoms with E-state index in [0.29, 0.717) is 17.6 Å². The van der Waals surface area contributed by atoms with Gasteiger partial charge in [-0.25, -0.2) is 9.97 Å². The molecule has 0 fully saturated rings. The molecule has 4 aromatic heterocycles. The minimum Gasteiger partial charge on any atom is -0.309 e. The lowest BCUT2D eigenvalue weighted by Gasteiger charge is -2.12. The zero-order chi connectivity index (χ0) is 41.0. The zero-order valence-corrected chi connectivity index (χ0v) is 33.5. The Morgan fingerprint density at radius 1 is 0.258 bits per heavy atom. The summed E-state index contributed by atoms with van der Waals surface area (Å²) in [5.74, 6) is 1.78. The van der Waals surface area contributed by atoms with Crippen LogP contribution in [0.4, 0.5) is 0 Å². The summed E-state index contributed by atoms with van der Waals surface area (Å²) in [7, 11) is 0. The second-order valence-corrected chi connectivity index (χ2v) is 15.5. The van der Waals surface area contributed by atoms with Crippen LogP contribution in [0.3, 0.4) is 0 Å². The molecule has 0 saturated heterocycles. The molecule has 0 aliphatic heterocycles. The third-order valence-corrected chi connectivity index (χ3v) is 11.8. The first-order valence-corrected chi connectivity index (χ1v) is 20.8. The van der Waals surface area contributed by atoms with Crippen molar-refractivity contribution in [1.82, 2.24) is 29.1 Å². The zero-order valence-electron chi connectivity index (χ0n) is 33.5. The monoisotopic (exact) mass is 792 g/mol. The van der Waals surface area contributed by atoms with Crippen molar-refractivity contribution in [2.75, 3.05) is 0 Å². The topological polar surface area (TPSA) is 61.4 Å². The second-order valence-electron chi connectivity index (χ2n) is 15.5. The van der Waals surface area contributed by atoms with Crippen LogP contribution in [0.5, 0.6) is 0 Å². The first-order valence-electron chi connectivity index (χ1n) is 20.8. The molecule has 0 unspecified atom stereocenters. The maximum Gasteiger partial charge on any atom is 0.238 e. The molecule has 290 valence electrons. The van der Waals surface area contributed by atoms with Crippen molar-refractivity contribution in [2.45, 2.75) is 0 Å². The van der Waals surface area contributed by atoms with E-state index in [-0.39, 0.29) is 0 Å². The van der Waals surface area contributed by atoms with E-state index in [2.05, 4.69) is 185 Å². The number of rotatable bonds is 7. The van der Waals surface area contributed by atoms with Gasteiger partial charge in [0, 0.05) is 49.5 Å². The molecule has 0 saturated carbocycles. The van der Waals surface area contributed by atoms with Crippen LogP contribution in [0.1, 0.15) is 0 Å². The average Bonchev–Trinajstić information content (AvgIpc) is 3.86. The van der Waals surface area contributed by atoms with Crippen molar-refractivity contribution in [3.8, 4) is 68.1 Å². The van der Waals surface area contributed by atoms with Gasteiger partial charge < -0.3 is 4.57 Å². The standard InChI is InChI=1S/C56H36N6/c1-4-15-37(16-5-1)38-27-29-42(30-28-38)55-58-54(41-19-8-3-9-20-41)59-56(60-55)62-51-26-13-11-22-45(51)47-35-46-44-21-10-12-25-50(44)61(52(46)36-53(47)62)43-33-31-40(32-34-43)49-24-14-23-48(57-49)39-17-6-2-7-18-39/h1-36H. The van der Waals surface area contributed by atoms with Crippen molar-refractivity contribution >= 4 is 43.6 Å². The summed E-state index contributed by atoms with van der Waals surface area (Å²) >= 11 is 0. The van der Waals surface area contributed by atoms with Gasteiger partial charge in [0.05, 0.1) is 33.5 Å². The van der Waals surface area contributed by atoms with E-state index in [1.165, 1.54) is 10.8 Å². The molecular formula is C56H36N6. The number of benzene rings is 8. The van der Waals surface area contributed by atoms with Crippen LogP contribution in [0.2, 0.25) is 0 Å². The number of aromatic nitrogens is 6. The normalized spacial score (nSPS) is 11.5. The highest BCUT2D eigenvalue weighted by molar-refractivity contribution is 6.19. The molecule has 0 N–H and O–H groups in total. The van der Waals surface area contributed by atoms with Gasteiger partial charge in [-0.1, -0.05) is 170 Å². The molecule has 62 heavy (non-hydrogen) atoms. The Morgan fingerprint density at radius 2 is 0.694 bits per heavy atom. The molecule has 0 bridgehead atoms. The Balaban J connectivity index is 1.04. The molecule has 0 spiro atoms. The smallest absolute Gasteiger partial charge is 0.238 e. The largest absolute Gasteiger partial charge is 0.309 e. The summed E-state index contributed by atoms with van der Waals surface area (Å²) in [6.07, 6.45) is 0. The lowest BCUT2D eigenvalue weighted by atomic mass is 10.0. The molecule has 12 rings (SSSR count). The Hall–Kier alpha value is -8.48. The number of nitrogens with zero attached hydrogens (tertiary/aromatic N) is 6. The van der Waals surface area contributed by atoms with Crippen LogP contribution < -0.4 is 0 Å². The van der Waals surface area contributed by atoms with Crippen molar-refractivity contribution in [1.29, 1.82) is 0 Å². The van der Waals surface area contributed by atoms with Crippen LogP contribution in [0.15, 0.2) is 218 Å². The summed E-state index contributed by atoms with van der Waals surface area (Å²) in [5, 5.41) is 4.63. The van der Waals surface area contributed by atoms with Gasteiger partial charge in [0.1, 0.15) is 0 Å². The molecule has 6 nitrogen and oxygen atoms in total. The van der Waals surface area contributed by atoms with Gasteiger partial charge in [0.25, 0.3) is 0 Å². The fourth-order valence-corrected chi connectivity index (χ4v) is 8.82. The molecule has 12 aromatic rings. The van der Waals surface area contributed by atoms with Crippen LogP contribution in [-0.2, 0) is 0 Å². The van der Waals surface area contributed by atoms with Crippen LogP contribution in [0.25, 0.3) is 112 Å². The summed E-state index contributed by atoms with van der Waals surface area (Å²) in [6, 6.07) is 76.2. The SMILES string of the molecule is c1ccc(-c2ccc(-c3nc(-c4ccccc4)nc(-n4c5ccccc5c5cc6c7ccccc7n(-c7ccc(-c8cccc(-c9ccccc9)n8)cc7)c6cc54)n3)cc2)cc1. The van der Waals surface area contributed by atoms with Crippen LogP contribution in [0, 0.1) is 0 Å². The Kier molecular flexibility index (Phi) is 8.38. The molecule has 0 amide bonds. The summed E-state index contributed by atoms with van der Waals surface area (Å²) in [5.41, 5.74) is 13.5. The van der Waals surface area contributed by atoms with E-state index >= 15 is 0 Å². The fraction of sp³-hybridized carbons (Fsp3) is 0. The molecular weight excluding hydrogens is 757 g/mol. The van der Waals surface area contributed by atoms with E-state index in [1.54, 1.807) is 0 Å². The van der Waals surface area contributed by atoms with Gasteiger partial charge in [-0.05, 0) is 59.7 Å². The van der Waals surface area contributed by atoms with Gasteiger partial charge in [0.2, 0.25) is 5.95 Å². The predicted octanol–water partition coefficient (Wildman–Crippen LogP) is 13.8. The van der Waals surface area contributed by atoms with E-state index < -0.39 is 0 Å². The van der Waals surface area contributed by atoms with Crippen molar-refractivity contribution in [3.05, 3.63) is 218 Å². The highest BCUT2D eigenvalue weighted by atomic mass is 15.2. The third kappa shape index (κ3) is 6.04. The maximum atomic E-state index is 5.27. The van der Waals surface area contributed by atoms with Crippen molar-refractivity contribution in [2.24, 2.45) is 0 Å². The number of pyridine rings is 1. The van der Waals surface area contributed by atoms with Crippen LogP contribution in [-0.4, -0.2) is 29.1 Å². The Morgan fingerprint density at radius 3 is 1.31 bits per heavy atom. The molecule has 0 atom stereocenters. The van der Waals surface area contributed by atoms with Gasteiger partial charge in [-0.3, -0.25) is 4.57 Å². The van der Waals surface area contributed by atoms with Gasteiger partial charge in [0.15, 0.2) is 11.6 Å². The van der Waals surface area contributed by atoms with E-state index in [4.69, 9.17) is 19.9 Å². The fourth-order valence-electron chi connectivity index (χ4n) is 8.82. The quantitative estimate of drug-likeness (QED) is 0.161. The summed E-state index contributed by atoms with van der Waals surface area (Å²) in [4.78, 5) is 20.6. The summed E-state index contributed by atoms with van der Waals surface area (Å²) in [6.45, 7) is 0. The van der Waals surface area contributed by atoms with E-state index in [0.717, 1.165) is 83.3 Å². The summed E-state index contributed by atoms with van der Waals surface area (Å²) < 4.78 is 4.57. The minimum atomic E-state index is 0.559. The Labute approximate surface area is 357 Å². The van der Waals surface area contributed by atoms with Crippen molar-refractivity contribution < 1.29 is 0 Å². The number of hydrogen-bond donors (Lipinski definition) is 0. The third-order valence-electron chi connectivity index (χ3n) is 11.8. The highest BCUT2D eigenvalue weighted by Crippen LogP contribution is 2.40. The lowest BCUT2D eigenvalue weighted by molar-refractivity contribution is 0.953. The van der Waals surface area contributed by atoms with Crippen LogP contribution >= 0.6 is 0 Å². The number of hydrogen-bond acceptors (Lipinski definition) is 4. The first kappa shape index (κ1) is 35.5. The average molecular weight is 793 g/mol. The number of para-hydroxylation sites is 2. The van der Waals surface area contributed by atoms with E-state index in [1.807, 2.05) is 42.5 Å². The predicted molar refractivity (Wildman–Crippen MR) is 253 cm³/mol. The van der Waals surface area contributed by atoms with Gasteiger partial charge in [-0.2, -0.15) is 9.97 Å². The van der Waals surface area contributed by atoms with Crippen molar-refractivity contribution in [3.63, 3.8) is 0 Å². The molecule has 6 heteroatoms. The van der Waals surface area contributed by atoms with Gasteiger partial charge >= 0.3 is 0 Å². The molecule has 0 aliphatic carbocycles. The molecule has 8 aromatic carbocycles. The molecule has 0 aliphatic rings. The number of fused-ring (bicyclic) bond motifs is 6. The van der Waals surface area contributed by atoms with Gasteiger partial charge in [-0.15, -0.1) is 0 Å². The Bertz CT molecular complexity index is 3590. The van der Waals surface area contributed by atoms with E-state index in [9.17, 15) is 0 Å². The maximum absolute atomic E-state index is 5.27. The lowest BCUT2D eigenvalue weighted by Crippen LogP contribution is -2.06. The highest BCUT2D eigenvalue weighted by Gasteiger charge is 2.21. The minimum absolute atomic E-state index is 0.559. The molecule has 0 radical (unpaired) electrons. The molecule has 4 heterocycles. The second kappa shape index (κ2) is 14.7. The first-order chi connectivity index (χ1) is 30.7.